The monoisotopic (exact) mass is 215 g/mol. The molecule has 0 amide bonds. The predicted molar refractivity (Wildman–Crippen MR) is 66.3 cm³/mol. The Balaban J connectivity index is 2.34. The number of imidazole rings is 1. The van der Waals surface area contributed by atoms with Gasteiger partial charge in [-0.25, -0.2) is 4.98 Å². The normalized spacial score (nSPS) is 10.7. The molecule has 3 heteroatoms. The largest absolute Gasteiger partial charge is 0.342 e. The van der Waals surface area contributed by atoms with Crippen LogP contribution in [0.2, 0.25) is 0 Å². The molecule has 0 bridgehead atoms. The van der Waals surface area contributed by atoms with Gasteiger partial charge in [-0.2, -0.15) is 0 Å². The SMILES string of the molecule is Cc1cc(C)cc(-c2cnc(CCN)[nH]2)c1. The van der Waals surface area contributed by atoms with Crippen molar-refractivity contribution >= 4 is 0 Å². The molecule has 1 aromatic heterocycles. The number of nitrogens with one attached hydrogen (secondary N) is 1. The lowest BCUT2D eigenvalue weighted by Gasteiger charge is -2.02. The van der Waals surface area contributed by atoms with E-state index in [1.165, 1.54) is 16.7 Å². The van der Waals surface area contributed by atoms with Gasteiger partial charge in [-0.1, -0.05) is 17.2 Å². The first-order valence-corrected chi connectivity index (χ1v) is 5.51. The number of hydrogen-bond acceptors (Lipinski definition) is 2. The molecule has 0 spiro atoms. The van der Waals surface area contributed by atoms with Crippen molar-refractivity contribution in [2.75, 3.05) is 6.54 Å². The molecular formula is C13H17N3. The Bertz CT molecular complexity index is 465. The van der Waals surface area contributed by atoms with Gasteiger partial charge in [-0.3, -0.25) is 0 Å². The molecule has 1 heterocycles. The number of rotatable bonds is 3. The van der Waals surface area contributed by atoms with Crippen molar-refractivity contribution in [3.05, 3.63) is 41.3 Å². The number of aromatic nitrogens is 2. The molecule has 2 aromatic rings. The van der Waals surface area contributed by atoms with Crippen molar-refractivity contribution in [3.8, 4) is 11.3 Å². The van der Waals surface area contributed by atoms with Gasteiger partial charge in [-0.05, 0) is 32.5 Å². The maximum Gasteiger partial charge on any atom is 0.107 e. The summed E-state index contributed by atoms with van der Waals surface area (Å²) in [6.45, 7) is 4.83. The van der Waals surface area contributed by atoms with Crippen molar-refractivity contribution in [2.45, 2.75) is 20.3 Å². The smallest absolute Gasteiger partial charge is 0.107 e. The Hall–Kier alpha value is -1.61. The maximum atomic E-state index is 5.50. The molecule has 0 saturated carbocycles. The number of nitrogens with zero attached hydrogens (tertiary/aromatic N) is 1. The van der Waals surface area contributed by atoms with E-state index in [0.29, 0.717) is 6.54 Å². The van der Waals surface area contributed by atoms with E-state index in [2.05, 4.69) is 42.0 Å². The number of benzene rings is 1. The van der Waals surface area contributed by atoms with Crippen molar-refractivity contribution in [3.63, 3.8) is 0 Å². The van der Waals surface area contributed by atoms with Crippen LogP contribution < -0.4 is 5.73 Å². The molecule has 16 heavy (non-hydrogen) atoms. The summed E-state index contributed by atoms with van der Waals surface area (Å²) >= 11 is 0. The summed E-state index contributed by atoms with van der Waals surface area (Å²) in [6, 6.07) is 6.49. The summed E-state index contributed by atoms with van der Waals surface area (Å²) in [4.78, 5) is 7.60. The molecule has 0 saturated heterocycles. The highest BCUT2D eigenvalue weighted by molar-refractivity contribution is 5.60. The van der Waals surface area contributed by atoms with Gasteiger partial charge in [0.25, 0.3) is 0 Å². The Morgan fingerprint density at radius 2 is 1.88 bits per heavy atom. The number of aromatic amines is 1. The van der Waals surface area contributed by atoms with E-state index in [0.717, 1.165) is 17.9 Å². The van der Waals surface area contributed by atoms with E-state index >= 15 is 0 Å². The van der Waals surface area contributed by atoms with Crippen molar-refractivity contribution in [2.24, 2.45) is 5.73 Å². The summed E-state index contributed by atoms with van der Waals surface area (Å²) in [6.07, 6.45) is 2.67. The highest BCUT2D eigenvalue weighted by atomic mass is 14.9. The van der Waals surface area contributed by atoms with Gasteiger partial charge >= 0.3 is 0 Å². The van der Waals surface area contributed by atoms with Crippen LogP contribution in [0.3, 0.4) is 0 Å². The van der Waals surface area contributed by atoms with E-state index in [-0.39, 0.29) is 0 Å². The first kappa shape index (κ1) is 10.9. The highest BCUT2D eigenvalue weighted by Crippen LogP contribution is 2.20. The second-order valence-corrected chi connectivity index (χ2v) is 4.16. The van der Waals surface area contributed by atoms with E-state index in [9.17, 15) is 0 Å². The van der Waals surface area contributed by atoms with Gasteiger partial charge in [0.1, 0.15) is 5.82 Å². The van der Waals surface area contributed by atoms with Gasteiger partial charge in [-0.15, -0.1) is 0 Å². The van der Waals surface area contributed by atoms with Crippen LogP contribution in [0.5, 0.6) is 0 Å². The summed E-state index contributed by atoms with van der Waals surface area (Å²) < 4.78 is 0. The molecule has 0 radical (unpaired) electrons. The second-order valence-electron chi connectivity index (χ2n) is 4.16. The summed E-state index contributed by atoms with van der Waals surface area (Å²) in [5.74, 6) is 0.955. The maximum absolute atomic E-state index is 5.50. The third kappa shape index (κ3) is 2.31. The van der Waals surface area contributed by atoms with Crippen LogP contribution in [0.1, 0.15) is 17.0 Å². The average Bonchev–Trinajstić information content (AvgIpc) is 2.65. The third-order valence-electron chi connectivity index (χ3n) is 2.54. The minimum atomic E-state index is 0.625. The second kappa shape index (κ2) is 4.49. The fourth-order valence-electron chi connectivity index (χ4n) is 1.90. The van der Waals surface area contributed by atoms with Gasteiger partial charge in [0.05, 0.1) is 11.9 Å². The number of aryl methyl sites for hydroxylation is 2. The lowest BCUT2D eigenvalue weighted by Crippen LogP contribution is -2.03. The van der Waals surface area contributed by atoms with Gasteiger partial charge in [0.2, 0.25) is 0 Å². The zero-order valence-corrected chi connectivity index (χ0v) is 9.75. The molecule has 0 aliphatic rings. The lowest BCUT2D eigenvalue weighted by atomic mass is 10.1. The lowest BCUT2D eigenvalue weighted by molar-refractivity contribution is 0.895. The summed E-state index contributed by atoms with van der Waals surface area (Å²) in [5, 5.41) is 0. The van der Waals surface area contributed by atoms with Gasteiger partial charge < -0.3 is 10.7 Å². The Kier molecular flexibility index (Phi) is 3.06. The van der Waals surface area contributed by atoms with Gasteiger partial charge in [0.15, 0.2) is 0 Å². The van der Waals surface area contributed by atoms with Crippen molar-refractivity contribution in [1.29, 1.82) is 0 Å². The molecule has 0 atom stereocenters. The number of H-pyrrole nitrogens is 1. The molecule has 3 N–H and O–H groups in total. The van der Waals surface area contributed by atoms with Crippen molar-refractivity contribution < 1.29 is 0 Å². The summed E-state index contributed by atoms with van der Waals surface area (Å²) in [7, 11) is 0. The minimum Gasteiger partial charge on any atom is -0.342 e. The molecule has 3 nitrogen and oxygen atoms in total. The average molecular weight is 215 g/mol. The fraction of sp³-hybridized carbons (Fsp3) is 0.308. The van der Waals surface area contributed by atoms with Crippen molar-refractivity contribution in [1.82, 2.24) is 9.97 Å². The Morgan fingerprint density at radius 1 is 1.19 bits per heavy atom. The first-order valence-electron chi connectivity index (χ1n) is 5.51. The summed E-state index contributed by atoms with van der Waals surface area (Å²) in [5.41, 5.74) is 10.3. The van der Waals surface area contributed by atoms with Crippen LogP contribution in [-0.2, 0) is 6.42 Å². The first-order chi connectivity index (χ1) is 7.69. The zero-order valence-electron chi connectivity index (χ0n) is 9.75. The Morgan fingerprint density at radius 3 is 2.50 bits per heavy atom. The van der Waals surface area contributed by atoms with Crippen LogP contribution in [0.25, 0.3) is 11.3 Å². The molecule has 0 fully saturated rings. The van der Waals surface area contributed by atoms with E-state index in [4.69, 9.17) is 5.73 Å². The van der Waals surface area contributed by atoms with Gasteiger partial charge in [0, 0.05) is 12.0 Å². The predicted octanol–water partition coefficient (Wildman–Crippen LogP) is 2.19. The molecule has 84 valence electrons. The molecule has 2 rings (SSSR count). The zero-order chi connectivity index (χ0) is 11.5. The number of hydrogen-bond donors (Lipinski definition) is 2. The Labute approximate surface area is 95.7 Å². The highest BCUT2D eigenvalue weighted by Gasteiger charge is 2.03. The molecular weight excluding hydrogens is 198 g/mol. The quantitative estimate of drug-likeness (QED) is 0.824. The molecule has 1 aromatic carbocycles. The standard InChI is InChI=1S/C13H17N3/c1-9-5-10(2)7-11(6-9)12-8-15-13(16-12)3-4-14/h5-8H,3-4,14H2,1-2H3,(H,15,16). The van der Waals surface area contributed by atoms with E-state index in [1.807, 2.05) is 6.20 Å². The topological polar surface area (TPSA) is 54.7 Å². The van der Waals surface area contributed by atoms with E-state index < -0.39 is 0 Å². The van der Waals surface area contributed by atoms with E-state index in [1.54, 1.807) is 0 Å². The molecule has 0 aliphatic heterocycles. The third-order valence-corrected chi connectivity index (χ3v) is 2.54. The van der Waals surface area contributed by atoms with Crippen LogP contribution in [0.4, 0.5) is 0 Å². The minimum absolute atomic E-state index is 0.625. The van der Waals surface area contributed by atoms with Crippen LogP contribution in [0.15, 0.2) is 24.4 Å². The number of nitrogens with two attached hydrogens (primary N) is 1. The fourth-order valence-corrected chi connectivity index (χ4v) is 1.90. The van der Waals surface area contributed by atoms with Crippen LogP contribution >= 0.6 is 0 Å². The van der Waals surface area contributed by atoms with Crippen LogP contribution in [0, 0.1) is 13.8 Å². The molecule has 0 aliphatic carbocycles. The van der Waals surface area contributed by atoms with Crippen LogP contribution in [-0.4, -0.2) is 16.5 Å². The molecule has 0 unspecified atom stereocenters.